The number of nitrogens with two attached hydrogens (primary N) is 1. The van der Waals surface area contributed by atoms with E-state index in [9.17, 15) is 4.79 Å². The first-order valence-corrected chi connectivity index (χ1v) is 6.82. The summed E-state index contributed by atoms with van der Waals surface area (Å²) in [6.45, 7) is 2.71. The molecule has 2 rings (SSSR count). The highest BCUT2D eigenvalue weighted by Crippen LogP contribution is 2.21. The van der Waals surface area contributed by atoms with E-state index in [1.54, 1.807) is 24.3 Å². The highest BCUT2D eigenvalue weighted by molar-refractivity contribution is 5.96. The summed E-state index contributed by atoms with van der Waals surface area (Å²) in [7, 11) is 0. The zero-order chi connectivity index (χ0) is 14.5. The van der Waals surface area contributed by atoms with Gasteiger partial charge in [0.1, 0.15) is 5.58 Å². The quantitative estimate of drug-likeness (QED) is 0.705. The fourth-order valence-electron chi connectivity index (χ4n) is 2.13. The van der Waals surface area contributed by atoms with Crippen molar-refractivity contribution in [2.45, 2.75) is 19.8 Å². The van der Waals surface area contributed by atoms with E-state index in [1.807, 2.05) is 6.92 Å². The zero-order valence-electron chi connectivity index (χ0n) is 11.6. The molecule has 0 fully saturated rings. The van der Waals surface area contributed by atoms with E-state index in [0.29, 0.717) is 24.2 Å². The van der Waals surface area contributed by atoms with E-state index in [2.05, 4.69) is 5.32 Å². The average molecular weight is 276 g/mol. The number of nitrogens with one attached hydrogen (secondary N) is 1. The smallest absolute Gasteiger partial charge is 0.287 e. The van der Waals surface area contributed by atoms with Crippen molar-refractivity contribution >= 4 is 22.6 Å². The van der Waals surface area contributed by atoms with Gasteiger partial charge in [-0.05, 0) is 36.6 Å². The summed E-state index contributed by atoms with van der Waals surface area (Å²) in [6.07, 6.45) is 1.60. The lowest BCUT2D eigenvalue weighted by Gasteiger charge is -2.13. The van der Waals surface area contributed by atoms with E-state index in [4.69, 9.17) is 15.3 Å². The Morgan fingerprint density at radius 2 is 2.25 bits per heavy atom. The highest BCUT2D eigenvalue weighted by atomic mass is 16.3. The molecule has 0 aliphatic heterocycles. The van der Waals surface area contributed by atoms with Crippen LogP contribution in [0.25, 0.3) is 11.0 Å². The third-order valence-corrected chi connectivity index (χ3v) is 3.43. The van der Waals surface area contributed by atoms with Crippen LogP contribution in [0.1, 0.15) is 30.3 Å². The summed E-state index contributed by atoms with van der Waals surface area (Å²) in [5, 5.41) is 12.6. The number of hydrogen-bond donors (Lipinski definition) is 3. The van der Waals surface area contributed by atoms with E-state index in [-0.39, 0.29) is 24.2 Å². The number of benzene rings is 1. The molecule has 1 atom stereocenters. The van der Waals surface area contributed by atoms with Crippen molar-refractivity contribution in [1.29, 1.82) is 0 Å². The molecule has 0 radical (unpaired) electrons. The van der Waals surface area contributed by atoms with Crippen LogP contribution < -0.4 is 11.1 Å². The van der Waals surface area contributed by atoms with Gasteiger partial charge in [-0.25, -0.2) is 0 Å². The fourth-order valence-corrected chi connectivity index (χ4v) is 2.13. The second-order valence-electron chi connectivity index (χ2n) is 4.90. The van der Waals surface area contributed by atoms with Crippen LogP contribution in [0.3, 0.4) is 0 Å². The molecule has 2 aromatic rings. The minimum absolute atomic E-state index is 0.137. The maximum absolute atomic E-state index is 12.0. The molecule has 0 aliphatic rings. The van der Waals surface area contributed by atoms with Gasteiger partial charge in [-0.3, -0.25) is 4.79 Å². The molecule has 1 amide bonds. The van der Waals surface area contributed by atoms with Gasteiger partial charge in [-0.2, -0.15) is 0 Å². The summed E-state index contributed by atoms with van der Waals surface area (Å²) >= 11 is 0. The molecular formula is C15H20N2O3. The van der Waals surface area contributed by atoms with Crippen molar-refractivity contribution in [3.05, 3.63) is 30.0 Å². The van der Waals surface area contributed by atoms with E-state index in [1.165, 1.54) is 0 Å². The Morgan fingerprint density at radius 1 is 1.45 bits per heavy atom. The predicted octanol–water partition coefficient (Wildman–Crippen LogP) is 2.15. The first-order chi connectivity index (χ1) is 9.63. The van der Waals surface area contributed by atoms with Crippen LogP contribution in [-0.4, -0.2) is 24.2 Å². The first-order valence-electron chi connectivity index (χ1n) is 6.82. The van der Waals surface area contributed by atoms with Crippen LogP contribution in [0.5, 0.6) is 0 Å². The van der Waals surface area contributed by atoms with Crippen LogP contribution in [0, 0.1) is 5.92 Å². The van der Waals surface area contributed by atoms with Gasteiger partial charge in [-0.1, -0.05) is 13.3 Å². The van der Waals surface area contributed by atoms with Crippen molar-refractivity contribution in [2.24, 2.45) is 5.92 Å². The summed E-state index contributed by atoms with van der Waals surface area (Å²) in [4.78, 5) is 12.0. The van der Waals surface area contributed by atoms with Gasteiger partial charge in [0.2, 0.25) is 0 Å². The summed E-state index contributed by atoms with van der Waals surface area (Å²) in [6, 6.07) is 6.95. The molecule has 0 aliphatic carbocycles. The van der Waals surface area contributed by atoms with Crippen molar-refractivity contribution in [3.63, 3.8) is 0 Å². The molecule has 4 N–H and O–H groups in total. The fraction of sp³-hybridized carbons (Fsp3) is 0.400. The molecule has 1 aromatic heterocycles. The van der Waals surface area contributed by atoms with Gasteiger partial charge >= 0.3 is 0 Å². The third-order valence-electron chi connectivity index (χ3n) is 3.43. The molecule has 0 bridgehead atoms. The second-order valence-corrected chi connectivity index (χ2v) is 4.90. The Labute approximate surface area is 117 Å². The Bertz CT molecular complexity index is 592. The van der Waals surface area contributed by atoms with Gasteiger partial charge in [0.25, 0.3) is 5.91 Å². The van der Waals surface area contributed by atoms with Gasteiger partial charge in [0.15, 0.2) is 5.76 Å². The van der Waals surface area contributed by atoms with Crippen LogP contribution in [0.2, 0.25) is 0 Å². The monoisotopic (exact) mass is 276 g/mol. The maximum Gasteiger partial charge on any atom is 0.287 e. The molecule has 5 heteroatoms. The Hall–Kier alpha value is -2.01. The number of anilines is 1. The molecule has 1 aromatic carbocycles. The molecule has 1 unspecified atom stereocenters. The lowest BCUT2D eigenvalue weighted by molar-refractivity contribution is 0.0918. The van der Waals surface area contributed by atoms with Gasteiger partial charge < -0.3 is 20.6 Å². The number of aliphatic hydroxyl groups is 1. The van der Waals surface area contributed by atoms with Gasteiger partial charge in [0.05, 0.1) is 0 Å². The highest BCUT2D eigenvalue weighted by Gasteiger charge is 2.14. The van der Waals surface area contributed by atoms with Gasteiger partial charge in [0, 0.05) is 24.2 Å². The van der Waals surface area contributed by atoms with E-state index < -0.39 is 0 Å². The molecule has 0 saturated carbocycles. The number of fused-ring (bicyclic) bond motifs is 1. The van der Waals surface area contributed by atoms with Crippen molar-refractivity contribution in [3.8, 4) is 0 Å². The Kier molecular flexibility index (Phi) is 4.63. The Morgan fingerprint density at radius 3 is 2.95 bits per heavy atom. The predicted molar refractivity (Wildman–Crippen MR) is 78.4 cm³/mol. The van der Waals surface area contributed by atoms with Crippen LogP contribution >= 0.6 is 0 Å². The molecule has 20 heavy (non-hydrogen) atoms. The number of aliphatic hydroxyl groups excluding tert-OH is 1. The average Bonchev–Trinajstić information content (AvgIpc) is 2.86. The summed E-state index contributed by atoms with van der Waals surface area (Å²) < 4.78 is 5.49. The number of furan rings is 1. The molecule has 5 nitrogen and oxygen atoms in total. The lowest BCUT2D eigenvalue weighted by Crippen LogP contribution is -2.29. The standard InChI is InChI=1S/C15H20N2O3/c1-2-10(5-6-18)9-17-15(19)14-8-11-7-12(16)3-4-13(11)20-14/h3-4,7-8,10,18H,2,5-6,9,16H2,1H3,(H,17,19). The van der Waals surface area contributed by atoms with Crippen LogP contribution in [-0.2, 0) is 0 Å². The molecule has 0 saturated heterocycles. The molecule has 0 spiro atoms. The summed E-state index contributed by atoms with van der Waals surface area (Å²) in [5.74, 6) is 0.324. The van der Waals surface area contributed by atoms with E-state index >= 15 is 0 Å². The van der Waals surface area contributed by atoms with Crippen LogP contribution in [0.15, 0.2) is 28.7 Å². The SMILES string of the molecule is CCC(CCO)CNC(=O)c1cc2cc(N)ccc2o1. The maximum atomic E-state index is 12.0. The largest absolute Gasteiger partial charge is 0.451 e. The minimum atomic E-state index is -0.240. The van der Waals surface area contributed by atoms with Gasteiger partial charge in [-0.15, -0.1) is 0 Å². The number of hydrogen-bond acceptors (Lipinski definition) is 4. The van der Waals surface area contributed by atoms with Crippen molar-refractivity contribution < 1.29 is 14.3 Å². The number of rotatable bonds is 6. The summed E-state index contributed by atoms with van der Waals surface area (Å²) in [5.41, 5.74) is 6.98. The number of nitrogen functional groups attached to an aromatic ring is 1. The van der Waals surface area contributed by atoms with E-state index in [0.717, 1.165) is 11.8 Å². The zero-order valence-corrected chi connectivity index (χ0v) is 11.6. The topological polar surface area (TPSA) is 88.5 Å². The second kappa shape index (κ2) is 6.43. The Balaban J connectivity index is 2.03. The molecule has 1 heterocycles. The first kappa shape index (κ1) is 14.4. The van der Waals surface area contributed by atoms with Crippen molar-refractivity contribution in [1.82, 2.24) is 5.32 Å². The van der Waals surface area contributed by atoms with Crippen molar-refractivity contribution in [2.75, 3.05) is 18.9 Å². The van der Waals surface area contributed by atoms with Crippen LogP contribution in [0.4, 0.5) is 5.69 Å². The lowest BCUT2D eigenvalue weighted by atomic mass is 10.0. The third kappa shape index (κ3) is 3.30. The normalized spacial score (nSPS) is 12.5. The number of carbonyl (C=O) groups excluding carboxylic acids is 1. The molecular weight excluding hydrogens is 256 g/mol. The minimum Gasteiger partial charge on any atom is -0.451 e. The molecule has 108 valence electrons. The number of amides is 1. The number of carbonyl (C=O) groups is 1.